The van der Waals surface area contributed by atoms with Gasteiger partial charge in [-0.2, -0.15) is 0 Å². The molecular weight excluding hydrogens is 213 g/mol. The summed E-state index contributed by atoms with van der Waals surface area (Å²) in [6.45, 7) is 4.44. The van der Waals surface area contributed by atoms with Gasteiger partial charge in [-0.05, 0) is 0 Å². The van der Waals surface area contributed by atoms with Crippen LogP contribution >= 0.6 is 9.39 Å². The molecule has 0 aliphatic carbocycles. The maximum Gasteiger partial charge on any atom is 0.238 e. The maximum absolute atomic E-state index is 11.3. The number of nitrogens with two attached hydrogens (primary N) is 1. The minimum absolute atomic E-state index is 0.0179. The van der Waals surface area contributed by atoms with Gasteiger partial charge in [0.1, 0.15) is 5.78 Å². The lowest BCUT2D eigenvalue weighted by molar-refractivity contribution is -0.123. The number of amides is 1. The van der Waals surface area contributed by atoms with Gasteiger partial charge >= 0.3 is 0 Å². The Hall–Kier alpha value is -0.510. The molecule has 6 heteroatoms. The third-order valence-electron chi connectivity index (χ3n) is 1.99. The normalized spacial score (nSPS) is 12.6. The molecule has 0 fully saturated rings. The Morgan fingerprint density at radius 2 is 2.00 bits per heavy atom. The Labute approximate surface area is 92.8 Å². The molecule has 88 valence electrons. The SMILES string of the molecule is CC(C)C(=O)CCNC(=O)C(N)CNP. The number of ketones is 1. The minimum Gasteiger partial charge on any atom is -0.354 e. The van der Waals surface area contributed by atoms with Gasteiger partial charge in [-0.15, -0.1) is 0 Å². The molecule has 5 nitrogen and oxygen atoms in total. The van der Waals surface area contributed by atoms with Crippen molar-refractivity contribution >= 4 is 21.1 Å². The summed E-state index contributed by atoms with van der Waals surface area (Å²) in [4.78, 5) is 22.5. The second-order valence-corrected chi connectivity index (χ2v) is 4.09. The van der Waals surface area contributed by atoms with E-state index >= 15 is 0 Å². The van der Waals surface area contributed by atoms with Crippen LogP contribution in [-0.4, -0.2) is 30.8 Å². The van der Waals surface area contributed by atoms with Crippen LogP contribution in [0.5, 0.6) is 0 Å². The van der Waals surface area contributed by atoms with E-state index in [4.69, 9.17) is 5.73 Å². The molecular formula is C9H20N3O2P. The molecule has 0 aromatic rings. The number of carbonyl (C=O) groups is 2. The molecule has 0 heterocycles. The number of hydrogen-bond acceptors (Lipinski definition) is 4. The van der Waals surface area contributed by atoms with Crippen LogP contribution < -0.4 is 16.1 Å². The Kier molecular flexibility index (Phi) is 7.48. The lowest BCUT2D eigenvalue weighted by atomic mass is 10.1. The second kappa shape index (κ2) is 7.74. The van der Waals surface area contributed by atoms with Crippen LogP contribution in [0, 0.1) is 5.92 Å². The summed E-state index contributed by atoms with van der Waals surface area (Å²) in [6.07, 6.45) is 0.366. The molecule has 2 unspecified atom stereocenters. The number of Topliss-reactive ketones (excluding diaryl/α,β-unsaturated/α-hetero) is 1. The van der Waals surface area contributed by atoms with Crippen LogP contribution in [0.1, 0.15) is 20.3 Å². The summed E-state index contributed by atoms with van der Waals surface area (Å²) < 4.78 is 0. The van der Waals surface area contributed by atoms with E-state index in [-0.39, 0.29) is 17.6 Å². The van der Waals surface area contributed by atoms with Crippen molar-refractivity contribution in [3.63, 3.8) is 0 Å². The molecule has 0 aromatic carbocycles. The van der Waals surface area contributed by atoms with Gasteiger partial charge in [-0.25, -0.2) is 0 Å². The summed E-state index contributed by atoms with van der Waals surface area (Å²) in [5.41, 5.74) is 5.53. The Morgan fingerprint density at radius 1 is 1.40 bits per heavy atom. The van der Waals surface area contributed by atoms with E-state index in [9.17, 15) is 9.59 Å². The summed E-state index contributed by atoms with van der Waals surface area (Å²) in [5.74, 6) is -0.0705. The standard InChI is InChI=1S/C9H20N3O2P/c1-6(2)8(13)3-4-11-9(14)7(10)5-12-15/h6-7,12H,3-5,10,15H2,1-2H3,(H,11,14). The first-order chi connectivity index (χ1) is 6.99. The average molecular weight is 233 g/mol. The first kappa shape index (κ1) is 14.5. The van der Waals surface area contributed by atoms with Gasteiger partial charge in [0.2, 0.25) is 5.91 Å². The zero-order chi connectivity index (χ0) is 11.8. The summed E-state index contributed by atoms with van der Waals surface area (Å²) in [6, 6.07) is -0.573. The smallest absolute Gasteiger partial charge is 0.238 e. The van der Waals surface area contributed by atoms with Gasteiger partial charge in [0.05, 0.1) is 6.04 Å². The summed E-state index contributed by atoms with van der Waals surface area (Å²) in [5, 5.41) is 5.35. The number of rotatable bonds is 7. The van der Waals surface area contributed by atoms with Crippen LogP contribution in [-0.2, 0) is 9.59 Å². The van der Waals surface area contributed by atoms with E-state index < -0.39 is 6.04 Å². The van der Waals surface area contributed by atoms with Gasteiger partial charge in [0.15, 0.2) is 0 Å². The van der Waals surface area contributed by atoms with Crippen molar-refractivity contribution in [3.8, 4) is 0 Å². The van der Waals surface area contributed by atoms with Crippen LogP contribution in [0.4, 0.5) is 0 Å². The van der Waals surface area contributed by atoms with Crippen LogP contribution in [0.3, 0.4) is 0 Å². The lowest BCUT2D eigenvalue weighted by Gasteiger charge is -2.11. The molecule has 0 saturated heterocycles. The predicted molar refractivity (Wildman–Crippen MR) is 63.2 cm³/mol. The van der Waals surface area contributed by atoms with Gasteiger partial charge in [-0.1, -0.05) is 23.2 Å². The molecule has 0 aliphatic rings. The first-order valence-electron chi connectivity index (χ1n) is 4.98. The molecule has 0 rings (SSSR count). The van der Waals surface area contributed by atoms with Crippen molar-refractivity contribution in [2.24, 2.45) is 11.7 Å². The van der Waals surface area contributed by atoms with Crippen molar-refractivity contribution < 1.29 is 9.59 Å². The summed E-state index contributed by atoms with van der Waals surface area (Å²) >= 11 is 0. The molecule has 0 aromatic heterocycles. The molecule has 0 radical (unpaired) electrons. The monoisotopic (exact) mass is 233 g/mol. The highest BCUT2D eigenvalue weighted by atomic mass is 31.0. The van der Waals surface area contributed by atoms with Crippen molar-refractivity contribution in [3.05, 3.63) is 0 Å². The van der Waals surface area contributed by atoms with Gasteiger partial charge in [0, 0.05) is 25.4 Å². The van der Waals surface area contributed by atoms with Gasteiger partial charge in [-0.3, -0.25) is 14.7 Å². The Bertz CT molecular complexity index is 221. The topological polar surface area (TPSA) is 84.2 Å². The zero-order valence-electron chi connectivity index (χ0n) is 9.25. The Morgan fingerprint density at radius 3 is 2.47 bits per heavy atom. The van der Waals surface area contributed by atoms with E-state index in [1.807, 2.05) is 13.8 Å². The largest absolute Gasteiger partial charge is 0.354 e. The van der Waals surface area contributed by atoms with Crippen molar-refractivity contribution in [2.75, 3.05) is 13.1 Å². The number of carbonyl (C=O) groups excluding carboxylic acids is 2. The van der Waals surface area contributed by atoms with Crippen LogP contribution in [0.25, 0.3) is 0 Å². The summed E-state index contributed by atoms with van der Waals surface area (Å²) in [7, 11) is 2.28. The zero-order valence-corrected chi connectivity index (χ0v) is 10.4. The molecule has 15 heavy (non-hydrogen) atoms. The molecule has 0 aliphatic heterocycles. The number of nitrogens with one attached hydrogen (secondary N) is 2. The third kappa shape index (κ3) is 6.55. The molecule has 2 atom stereocenters. The fourth-order valence-electron chi connectivity index (χ4n) is 0.948. The number of hydrogen-bond donors (Lipinski definition) is 3. The quantitative estimate of drug-likeness (QED) is 0.514. The third-order valence-corrected chi connectivity index (χ3v) is 2.22. The molecule has 0 bridgehead atoms. The highest BCUT2D eigenvalue weighted by molar-refractivity contribution is 7.13. The first-order valence-corrected chi connectivity index (χ1v) is 5.56. The fraction of sp³-hybridized carbons (Fsp3) is 0.778. The van der Waals surface area contributed by atoms with Crippen LogP contribution in [0.2, 0.25) is 0 Å². The van der Waals surface area contributed by atoms with Crippen molar-refractivity contribution in [2.45, 2.75) is 26.3 Å². The molecule has 0 spiro atoms. The van der Waals surface area contributed by atoms with Crippen LogP contribution in [0.15, 0.2) is 0 Å². The van der Waals surface area contributed by atoms with E-state index in [1.54, 1.807) is 0 Å². The Balaban J connectivity index is 3.68. The molecule has 0 saturated carbocycles. The maximum atomic E-state index is 11.3. The molecule has 1 amide bonds. The van der Waals surface area contributed by atoms with Crippen molar-refractivity contribution in [1.82, 2.24) is 10.4 Å². The highest BCUT2D eigenvalue weighted by Crippen LogP contribution is 1.97. The van der Waals surface area contributed by atoms with E-state index in [0.29, 0.717) is 19.5 Å². The van der Waals surface area contributed by atoms with E-state index in [2.05, 4.69) is 19.8 Å². The lowest BCUT2D eigenvalue weighted by Crippen LogP contribution is -2.45. The average Bonchev–Trinajstić information content (AvgIpc) is 2.17. The van der Waals surface area contributed by atoms with Crippen molar-refractivity contribution in [1.29, 1.82) is 0 Å². The predicted octanol–water partition coefficient (Wildman–Crippen LogP) is -0.575. The fourth-order valence-corrected chi connectivity index (χ4v) is 1.20. The van der Waals surface area contributed by atoms with E-state index in [0.717, 1.165) is 0 Å². The highest BCUT2D eigenvalue weighted by Gasteiger charge is 2.12. The minimum atomic E-state index is -0.573. The van der Waals surface area contributed by atoms with Gasteiger partial charge in [0.25, 0.3) is 0 Å². The van der Waals surface area contributed by atoms with E-state index in [1.165, 1.54) is 0 Å². The molecule has 4 N–H and O–H groups in total. The van der Waals surface area contributed by atoms with Gasteiger partial charge < -0.3 is 11.1 Å². The second-order valence-electron chi connectivity index (χ2n) is 3.68.